The van der Waals surface area contributed by atoms with Crippen LogP contribution in [0, 0.1) is 0 Å². The molecule has 1 aromatic rings. The van der Waals surface area contributed by atoms with E-state index < -0.39 is 0 Å². The molecule has 0 amide bonds. The van der Waals surface area contributed by atoms with Gasteiger partial charge in [-0.1, -0.05) is 13.0 Å². The Morgan fingerprint density at radius 1 is 1.57 bits per heavy atom. The molecule has 0 aliphatic heterocycles. The van der Waals surface area contributed by atoms with E-state index in [-0.39, 0.29) is 6.10 Å². The molecule has 1 aromatic heterocycles. The van der Waals surface area contributed by atoms with Gasteiger partial charge in [-0.3, -0.25) is 4.90 Å². The van der Waals surface area contributed by atoms with Gasteiger partial charge in [-0.25, -0.2) is 0 Å². The van der Waals surface area contributed by atoms with E-state index in [0.717, 1.165) is 26.1 Å². The molecule has 0 aromatic carbocycles. The van der Waals surface area contributed by atoms with Gasteiger partial charge < -0.3 is 5.11 Å². The summed E-state index contributed by atoms with van der Waals surface area (Å²) in [6.07, 6.45) is 0.902. The number of nitrogens with zero attached hydrogens (tertiary/aromatic N) is 1. The lowest BCUT2D eigenvalue weighted by Crippen LogP contribution is -2.30. The van der Waals surface area contributed by atoms with Crippen LogP contribution in [-0.4, -0.2) is 29.2 Å². The topological polar surface area (TPSA) is 23.5 Å². The highest BCUT2D eigenvalue weighted by Crippen LogP contribution is 2.12. The summed E-state index contributed by atoms with van der Waals surface area (Å²) in [7, 11) is 0. The summed E-state index contributed by atoms with van der Waals surface area (Å²) in [5, 5.41) is 11.4. The largest absolute Gasteiger partial charge is 0.392 e. The third-order valence-corrected chi connectivity index (χ3v) is 2.88. The number of aliphatic hydroxyl groups excluding tert-OH is 1. The lowest BCUT2D eigenvalue weighted by atomic mass is 10.3. The first kappa shape index (κ1) is 11.7. The molecular formula is C11H19NOS. The van der Waals surface area contributed by atoms with Crippen molar-refractivity contribution in [2.24, 2.45) is 0 Å². The second-order valence-corrected chi connectivity index (χ2v) is 4.70. The van der Waals surface area contributed by atoms with Gasteiger partial charge in [-0.2, -0.15) is 0 Å². The monoisotopic (exact) mass is 213 g/mol. The molecule has 0 aliphatic carbocycles. The van der Waals surface area contributed by atoms with E-state index in [1.807, 2.05) is 6.92 Å². The van der Waals surface area contributed by atoms with Crippen LogP contribution in [0.3, 0.4) is 0 Å². The zero-order valence-corrected chi connectivity index (χ0v) is 9.76. The fourth-order valence-corrected chi connectivity index (χ4v) is 2.29. The van der Waals surface area contributed by atoms with Crippen LogP contribution in [0.25, 0.3) is 0 Å². The van der Waals surface area contributed by atoms with E-state index >= 15 is 0 Å². The maximum atomic E-state index is 9.34. The van der Waals surface area contributed by atoms with Gasteiger partial charge in [0.05, 0.1) is 6.10 Å². The standard InChI is InChI=1S/C11H19NOS/c1-3-6-12(8-10(2)13)9-11-5-4-7-14-11/h4-5,7,10,13H,3,6,8-9H2,1-2H3. The highest BCUT2D eigenvalue weighted by atomic mass is 32.1. The van der Waals surface area contributed by atoms with Crippen LogP contribution in [0.4, 0.5) is 0 Å². The Labute approximate surface area is 90.2 Å². The van der Waals surface area contributed by atoms with E-state index in [1.54, 1.807) is 11.3 Å². The van der Waals surface area contributed by atoms with Crippen molar-refractivity contribution >= 4 is 11.3 Å². The molecule has 1 N–H and O–H groups in total. The van der Waals surface area contributed by atoms with Crippen molar-refractivity contribution < 1.29 is 5.11 Å². The van der Waals surface area contributed by atoms with Gasteiger partial charge in [0, 0.05) is 18.0 Å². The second-order valence-electron chi connectivity index (χ2n) is 3.66. The van der Waals surface area contributed by atoms with Gasteiger partial charge in [0.15, 0.2) is 0 Å². The van der Waals surface area contributed by atoms with Crippen LogP contribution >= 0.6 is 11.3 Å². The number of thiophene rings is 1. The molecule has 0 spiro atoms. The molecule has 0 fully saturated rings. The first-order chi connectivity index (χ1) is 6.72. The number of rotatable bonds is 6. The zero-order valence-electron chi connectivity index (χ0n) is 8.94. The maximum Gasteiger partial charge on any atom is 0.0639 e. The number of aliphatic hydroxyl groups is 1. The number of hydrogen-bond acceptors (Lipinski definition) is 3. The smallest absolute Gasteiger partial charge is 0.0639 e. The summed E-state index contributed by atoms with van der Waals surface area (Å²) >= 11 is 1.78. The normalized spacial score (nSPS) is 13.4. The van der Waals surface area contributed by atoms with Gasteiger partial charge in [0.1, 0.15) is 0 Å². The summed E-state index contributed by atoms with van der Waals surface area (Å²) in [4.78, 5) is 3.68. The molecule has 1 heterocycles. The van der Waals surface area contributed by atoms with Crippen molar-refractivity contribution in [1.29, 1.82) is 0 Å². The van der Waals surface area contributed by atoms with Gasteiger partial charge in [0.25, 0.3) is 0 Å². The molecule has 0 radical (unpaired) electrons. The highest BCUT2D eigenvalue weighted by Gasteiger charge is 2.08. The highest BCUT2D eigenvalue weighted by molar-refractivity contribution is 7.09. The molecule has 0 bridgehead atoms. The minimum absolute atomic E-state index is 0.235. The molecule has 1 rings (SSSR count). The Morgan fingerprint density at radius 3 is 2.86 bits per heavy atom. The van der Waals surface area contributed by atoms with Crippen molar-refractivity contribution in [3.63, 3.8) is 0 Å². The first-order valence-electron chi connectivity index (χ1n) is 5.15. The lowest BCUT2D eigenvalue weighted by molar-refractivity contribution is 0.123. The third kappa shape index (κ3) is 4.22. The molecule has 1 atom stereocenters. The van der Waals surface area contributed by atoms with Gasteiger partial charge in [-0.05, 0) is 31.3 Å². The van der Waals surface area contributed by atoms with E-state index in [1.165, 1.54) is 4.88 Å². The van der Waals surface area contributed by atoms with E-state index in [0.29, 0.717) is 0 Å². The summed E-state index contributed by atoms with van der Waals surface area (Å²) in [5.41, 5.74) is 0. The lowest BCUT2D eigenvalue weighted by Gasteiger charge is -2.22. The molecule has 2 nitrogen and oxygen atoms in total. The van der Waals surface area contributed by atoms with Crippen molar-refractivity contribution in [1.82, 2.24) is 4.90 Å². The van der Waals surface area contributed by atoms with E-state index in [2.05, 4.69) is 29.3 Å². The van der Waals surface area contributed by atoms with Crippen LogP contribution in [0.2, 0.25) is 0 Å². The van der Waals surface area contributed by atoms with Gasteiger partial charge in [0.2, 0.25) is 0 Å². The Bertz CT molecular complexity index is 233. The second kappa shape index (κ2) is 6.17. The summed E-state index contributed by atoms with van der Waals surface area (Å²) in [6.45, 7) is 6.81. The van der Waals surface area contributed by atoms with E-state index in [4.69, 9.17) is 0 Å². The minimum atomic E-state index is -0.235. The molecule has 1 unspecified atom stereocenters. The summed E-state index contributed by atoms with van der Waals surface area (Å²) < 4.78 is 0. The Hall–Kier alpha value is -0.380. The minimum Gasteiger partial charge on any atom is -0.392 e. The van der Waals surface area contributed by atoms with Gasteiger partial charge >= 0.3 is 0 Å². The fourth-order valence-electron chi connectivity index (χ4n) is 1.55. The summed E-state index contributed by atoms with van der Waals surface area (Å²) in [5.74, 6) is 0. The molecule has 14 heavy (non-hydrogen) atoms. The average molecular weight is 213 g/mol. The van der Waals surface area contributed by atoms with Crippen molar-refractivity contribution in [2.45, 2.75) is 32.9 Å². The molecule has 0 aliphatic rings. The molecule has 0 saturated carbocycles. The van der Waals surface area contributed by atoms with Crippen LogP contribution in [0.1, 0.15) is 25.1 Å². The van der Waals surface area contributed by atoms with Crippen molar-refractivity contribution in [3.8, 4) is 0 Å². The third-order valence-electron chi connectivity index (χ3n) is 2.02. The quantitative estimate of drug-likeness (QED) is 0.784. The summed E-state index contributed by atoms with van der Waals surface area (Å²) in [6, 6.07) is 4.22. The predicted molar refractivity (Wildman–Crippen MR) is 61.6 cm³/mol. The van der Waals surface area contributed by atoms with Crippen molar-refractivity contribution in [3.05, 3.63) is 22.4 Å². The van der Waals surface area contributed by atoms with Crippen molar-refractivity contribution in [2.75, 3.05) is 13.1 Å². The molecule has 0 saturated heterocycles. The molecule has 80 valence electrons. The maximum absolute atomic E-state index is 9.34. The fraction of sp³-hybridized carbons (Fsp3) is 0.636. The van der Waals surface area contributed by atoms with Crippen LogP contribution in [0.15, 0.2) is 17.5 Å². The molecular weight excluding hydrogens is 194 g/mol. The first-order valence-corrected chi connectivity index (χ1v) is 6.03. The Balaban J connectivity index is 2.42. The predicted octanol–water partition coefficient (Wildman–Crippen LogP) is 2.34. The number of hydrogen-bond donors (Lipinski definition) is 1. The Kier molecular flexibility index (Phi) is 5.15. The van der Waals surface area contributed by atoms with Crippen LogP contribution < -0.4 is 0 Å². The van der Waals surface area contributed by atoms with Crippen LogP contribution in [0.5, 0.6) is 0 Å². The van der Waals surface area contributed by atoms with Gasteiger partial charge in [-0.15, -0.1) is 11.3 Å². The van der Waals surface area contributed by atoms with E-state index in [9.17, 15) is 5.11 Å². The average Bonchev–Trinajstić information content (AvgIpc) is 2.56. The SMILES string of the molecule is CCCN(Cc1cccs1)CC(C)O. The molecule has 3 heteroatoms. The van der Waals surface area contributed by atoms with Crippen LogP contribution in [-0.2, 0) is 6.54 Å². The Morgan fingerprint density at radius 2 is 2.36 bits per heavy atom. The zero-order chi connectivity index (χ0) is 10.4.